The van der Waals surface area contributed by atoms with Crippen molar-refractivity contribution in [2.45, 2.75) is 91.0 Å². The van der Waals surface area contributed by atoms with E-state index in [2.05, 4.69) is 41.8 Å². The van der Waals surface area contributed by atoms with Gasteiger partial charge in [-0.1, -0.05) is 18.2 Å². The maximum atomic E-state index is 14.3. The monoisotopic (exact) mass is 976 g/mol. The van der Waals surface area contributed by atoms with E-state index >= 15 is 0 Å². The average Bonchev–Trinajstić information content (AvgIpc) is 3.88. The molecular formula is C44H57F3IN8O4P. The molecule has 2 aromatic heterocycles. The Morgan fingerprint density at radius 1 is 0.967 bits per heavy atom. The number of halogens is 4. The Balaban J connectivity index is 1.18. The number of benzene rings is 2. The Bertz CT molecular complexity index is 2250. The summed E-state index contributed by atoms with van der Waals surface area (Å²) in [5.74, 6) is 0.637. The molecule has 1 amide bonds. The molecule has 0 bridgehead atoms. The first-order chi connectivity index (χ1) is 29.1. The molecule has 61 heavy (non-hydrogen) atoms. The number of nitrogens with zero attached hydrogens (tertiary/aromatic N) is 8. The summed E-state index contributed by atoms with van der Waals surface area (Å²) in [6.07, 6.45) is 6.61. The minimum Gasteiger partial charge on any atom is -0.481 e. The van der Waals surface area contributed by atoms with E-state index in [9.17, 15) is 18.0 Å². The Hall–Kier alpha value is -3.47. The summed E-state index contributed by atoms with van der Waals surface area (Å²) in [5, 5.41) is 6.04. The standard InChI is InChI=1S/C44H57F3IN8O4P/c1-6-9-30-24-32-37(38(58-28-44(45,46)47)36(30)35-29(2)10-11-34-33(35)25-49-56(34)61-48)50-40(59-31-12-18-53(19-13-31)23-22-52-16-7-8-17-52)51-39(32)54-20-14-43(15-21-54)26-55(27-43)41(57)60-42(3,4)5/h6,9-11,24-25,31,61H,7-8,12-23,26-28H2,1-5H3/b9-6+. The first kappa shape index (κ1) is 44.1. The zero-order valence-corrected chi connectivity index (χ0v) is 38.9. The molecule has 1 unspecified atom stereocenters. The van der Waals surface area contributed by atoms with Gasteiger partial charge >= 0.3 is 18.3 Å². The first-order valence-corrected chi connectivity index (χ1v) is 25.6. The molecule has 0 radical (unpaired) electrons. The number of amides is 1. The number of carbonyl (C=O) groups excluding carboxylic acids is 1. The van der Waals surface area contributed by atoms with Crippen LogP contribution in [0.3, 0.4) is 0 Å². The molecule has 1 atom stereocenters. The van der Waals surface area contributed by atoms with Crippen molar-refractivity contribution in [2.75, 3.05) is 77.0 Å². The van der Waals surface area contributed by atoms with E-state index in [4.69, 9.17) is 24.2 Å². The number of likely N-dealkylation sites (tertiary alicyclic amines) is 3. The number of hydrogen-bond acceptors (Lipinski definition) is 10. The number of rotatable bonds is 11. The lowest BCUT2D eigenvalue weighted by Gasteiger charge is -2.53. The van der Waals surface area contributed by atoms with E-state index in [0.717, 1.165) is 73.9 Å². The van der Waals surface area contributed by atoms with Crippen LogP contribution in [0.15, 0.2) is 30.5 Å². The second kappa shape index (κ2) is 18.0. The number of carbonyl (C=O) groups is 1. The predicted molar refractivity (Wildman–Crippen MR) is 244 cm³/mol. The smallest absolute Gasteiger partial charge is 0.422 e. The van der Waals surface area contributed by atoms with Crippen LogP contribution in [0.25, 0.3) is 39.0 Å². The second-order valence-corrected chi connectivity index (χ2v) is 20.2. The molecule has 8 rings (SSSR count). The van der Waals surface area contributed by atoms with Crippen LogP contribution in [0.4, 0.5) is 23.8 Å². The number of ether oxygens (including phenoxy) is 3. The summed E-state index contributed by atoms with van der Waals surface area (Å²) in [7, 11) is 0. The zero-order valence-electron chi connectivity index (χ0n) is 35.8. The fraction of sp³-hybridized carbons (Fsp3) is 0.591. The van der Waals surface area contributed by atoms with Gasteiger partial charge in [-0.15, -0.1) is 0 Å². The second-order valence-electron chi connectivity index (χ2n) is 18.2. The van der Waals surface area contributed by atoms with Crippen LogP contribution in [-0.4, -0.2) is 130 Å². The van der Waals surface area contributed by atoms with E-state index in [-0.39, 0.29) is 34.9 Å². The summed E-state index contributed by atoms with van der Waals surface area (Å²) in [6, 6.07) is 6.11. The highest BCUT2D eigenvalue weighted by Crippen LogP contribution is 2.49. The normalized spacial score (nSPS) is 19.6. The number of hydrogen-bond donors (Lipinski definition) is 0. The summed E-state index contributed by atoms with van der Waals surface area (Å²) in [6.45, 7) is 16.7. The van der Waals surface area contributed by atoms with Crippen molar-refractivity contribution in [3.05, 3.63) is 41.6 Å². The largest absolute Gasteiger partial charge is 0.481 e. The van der Waals surface area contributed by atoms with Crippen LogP contribution in [0.5, 0.6) is 11.8 Å². The average molecular weight is 977 g/mol. The van der Waals surface area contributed by atoms with Crippen LogP contribution in [0, 0.1) is 12.3 Å². The fourth-order valence-corrected chi connectivity index (χ4v) is 10.9. The van der Waals surface area contributed by atoms with Gasteiger partial charge in [0, 0.05) is 74.1 Å². The summed E-state index contributed by atoms with van der Waals surface area (Å²) < 4.78 is 62.9. The molecule has 17 heteroatoms. The molecule has 4 saturated heterocycles. The molecule has 2 aromatic carbocycles. The number of anilines is 1. The number of alkyl halides is 3. The van der Waals surface area contributed by atoms with E-state index in [0.29, 0.717) is 54.9 Å². The Labute approximate surface area is 370 Å². The third-order valence-electron chi connectivity index (χ3n) is 12.5. The number of aromatic nitrogens is 4. The molecule has 6 heterocycles. The van der Waals surface area contributed by atoms with Crippen LogP contribution in [0.1, 0.15) is 77.3 Å². The lowest BCUT2D eigenvalue weighted by atomic mass is 9.72. The molecule has 4 aliphatic heterocycles. The van der Waals surface area contributed by atoms with Gasteiger partial charge in [0.2, 0.25) is 0 Å². The van der Waals surface area contributed by atoms with Crippen molar-refractivity contribution in [3.8, 4) is 22.9 Å². The van der Waals surface area contributed by atoms with E-state index in [1.54, 1.807) is 11.1 Å². The highest BCUT2D eigenvalue weighted by molar-refractivity contribution is 14.2. The minimum atomic E-state index is -4.61. The lowest BCUT2D eigenvalue weighted by molar-refractivity contribution is -0.153. The Morgan fingerprint density at radius 3 is 2.30 bits per heavy atom. The third-order valence-corrected chi connectivity index (χ3v) is 14.4. The number of aryl methyl sites for hydroxylation is 1. The van der Waals surface area contributed by atoms with Gasteiger partial charge in [-0.2, -0.15) is 28.2 Å². The maximum absolute atomic E-state index is 14.3. The molecule has 4 aromatic rings. The van der Waals surface area contributed by atoms with Gasteiger partial charge in [0.05, 0.1) is 18.1 Å². The van der Waals surface area contributed by atoms with Crippen molar-refractivity contribution in [2.24, 2.45) is 5.41 Å². The molecule has 0 N–H and O–H groups in total. The molecule has 4 aliphatic rings. The number of allylic oxidation sites excluding steroid dienone is 1. The summed E-state index contributed by atoms with van der Waals surface area (Å²) in [4.78, 5) is 31.9. The first-order valence-electron chi connectivity index (χ1n) is 21.5. The molecule has 0 aliphatic carbocycles. The van der Waals surface area contributed by atoms with Crippen molar-refractivity contribution >= 4 is 68.2 Å². The van der Waals surface area contributed by atoms with Gasteiger partial charge < -0.3 is 33.8 Å². The van der Waals surface area contributed by atoms with Crippen molar-refractivity contribution in [1.82, 2.24) is 34.2 Å². The van der Waals surface area contributed by atoms with Gasteiger partial charge in [0.25, 0.3) is 0 Å². The number of piperidine rings is 2. The minimum absolute atomic E-state index is 0.0360. The van der Waals surface area contributed by atoms with Crippen LogP contribution in [0.2, 0.25) is 0 Å². The zero-order chi connectivity index (χ0) is 43.1. The number of fused-ring (bicyclic) bond motifs is 2. The molecule has 0 saturated carbocycles. The van der Waals surface area contributed by atoms with Gasteiger partial charge in [0.15, 0.2) is 12.4 Å². The SMILES string of the molecule is C/C=C/c1cc2c(N3CCC4(CC3)CN(C(=O)OC(C)(C)C)C4)nc(OC3CCN(CCN4CCCC4)CC3)nc2c(OCC(F)(F)F)c1-c1c(C)ccc2c1cnn2PI. The summed E-state index contributed by atoms with van der Waals surface area (Å²) >= 11 is 2.28. The van der Waals surface area contributed by atoms with Crippen molar-refractivity contribution < 1.29 is 32.2 Å². The molecule has 1 spiro atoms. The highest BCUT2D eigenvalue weighted by Gasteiger charge is 2.48. The van der Waals surface area contributed by atoms with Crippen LogP contribution >= 0.6 is 28.4 Å². The topological polar surface area (TPSA) is 101 Å². The highest BCUT2D eigenvalue weighted by atomic mass is 127. The van der Waals surface area contributed by atoms with Crippen molar-refractivity contribution in [1.29, 1.82) is 0 Å². The lowest BCUT2D eigenvalue weighted by Crippen LogP contribution is -2.62. The van der Waals surface area contributed by atoms with Gasteiger partial charge in [-0.05, 0) is 137 Å². The predicted octanol–water partition coefficient (Wildman–Crippen LogP) is 9.50. The molecule has 330 valence electrons. The maximum Gasteiger partial charge on any atom is 0.422 e. The van der Waals surface area contributed by atoms with Gasteiger partial charge in [-0.25, -0.2) is 9.25 Å². The third kappa shape index (κ3) is 9.87. The molecular weight excluding hydrogens is 919 g/mol. The van der Waals surface area contributed by atoms with Crippen LogP contribution < -0.4 is 14.4 Å². The Kier molecular flexibility index (Phi) is 13.0. The Morgan fingerprint density at radius 2 is 1.66 bits per heavy atom. The van der Waals surface area contributed by atoms with Crippen LogP contribution in [-0.2, 0) is 4.74 Å². The molecule has 12 nitrogen and oxygen atoms in total. The summed E-state index contributed by atoms with van der Waals surface area (Å²) in [5.41, 5.74) is 3.36. The van der Waals surface area contributed by atoms with Crippen molar-refractivity contribution in [3.63, 3.8) is 0 Å². The van der Waals surface area contributed by atoms with E-state index in [1.807, 2.05) is 69.4 Å². The quantitative estimate of drug-likeness (QED) is 0.107. The van der Waals surface area contributed by atoms with E-state index < -0.39 is 18.4 Å². The molecule has 4 fully saturated rings. The van der Waals surface area contributed by atoms with Gasteiger partial charge in [0.1, 0.15) is 23.0 Å². The van der Waals surface area contributed by atoms with Gasteiger partial charge in [-0.3, -0.25) is 0 Å². The van der Waals surface area contributed by atoms with E-state index in [1.165, 1.54) is 25.9 Å². The fourth-order valence-electron chi connectivity index (χ4n) is 9.40.